The van der Waals surface area contributed by atoms with Gasteiger partial charge in [-0.3, -0.25) is 0 Å². The van der Waals surface area contributed by atoms with Crippen LogP contribution in [-0.4, -0.2) is 30.1 Å². The zero-order valence-corrected chi connectivity index (χ0v) is 18.5. The second kappa shape index (κ2) is 8.52. The number of allylic oxidation sites excluding steroid dienone is 1. The zero-order valence-electron chi connectivity index (χ0n) is 14.1. The van der Waals surface area contributed by atoms with Crippen molar-refractivity contribution in [3.05, 3.63) is 47.5 Å². The van der Waals surface area contributed by atoms with Crippen molar-refractivity contribution in [2.45, 2.75) is 18.2 Å². The third-order valence-corrected chi connectivity index (χ3v) is 5.72. The molecule has 0 radical (unpaired) electrons. The molecule has 0 aromatic heterocycles. The number of hydrogen-bond acceptors (Lipinski definition) is 6. The maximum atomic E-state index is 10.9. The van der Waals surface area contributed by atoms with Gasteiger partial charge < -0.3 is 9.45 Å². The minimum Gasteiger partial charge on any atom is -0.748 e. The minimum absolute atomic E-state index is 0. The monoisotopic (exact) mass is 401 g/mol. The standard InChI is InChI=1S/C17H17NO3S3.Na/c1-12(22)11-16-18(9-4-10-24(19,20)21)17-14-6-3-2-5-13(14)7-8-15(17)23-16;/h2-3,5-8,11H,4,9-10H2,1H3,(H,19,20,21);/q;+1/p-1/b16-11-;. The SMILES string of the molecule is CC(=S)/C=C1\Sc2ccc3ccccc3c2N1CCCS(=O)(=O)[O-].[Na+]. The van der Waals surface area contributed by atoms with Gasteiger partial charge in [-0.05, 0) is 30.9 Å². The Labute approximate surface area is 179 Å². The van der Waals surface area contributed by atoms with E-state index in [0.717, 1.165) is 31.2 Å². The maximum absolute atomic E-state index is 10.9. The van der Waals surface area contributed by atoms with Gasteiger partial charge >= 0.3 is 29.6 Å². The van der Waals surface area contributed by atoms with Gasteiger partial charge in [-0.15, -0.1) is 0 Å². The van der Waals surface area contributed by atoms with Crippen molar-refractivity contribution in [3.8, 4) is 0 Å². The molecule has 25 heavy (non-hydrogen) atoms. The number of anilines is 1. The Morgan fingerprint density at radius 1 is 1.28 bits per heavy atom. The van der Waals surface area contributed by atoms with Crippen LogP contribution in [0.3, 0.4) is 0 Å². The van der Waals surface area contributed by atoms with Crippen LogP contribution in [0, 0.1) is 0 Å². The molecule has 0 saturated carbocycles. The van der Waals surface area contributed by atoms with E-state index in [1.54, 1.807) is 11.8 Å². The number of nitrogens with zero attached hydrogens (tertiary/aromatic N) is 1. The van der Waals surface area contributed by atoms with Gasteiger partial charge in [0.05, 0.1) is 20.8 Å². The average molecular weight is 402 g/mol. The fourth-order valence-electron chi connectivity index (χ4n) is 2.78. The molecule has 1 heterocycles. The first-order valence-electron chi connectivity index (χ1n) is 7.48. The first-order valence-corrected chi connectivity index (χ1v) is 10.3. The number of rotatable bonds is 5. The van der Waals surface area contributed by atoms with Crippen LogP contribution in [0.4, 0.5) is 5.69 Å². The number of thioether (sulfide) groups is 1. The van der Waals surface area contributed by atoms with Gasteiger partial charge in [-0.2, -0.15) is 0 Å². The molecule has 2 aromatic rings. The molecular formula is C17H16NNaO3S3. The van der Waals surface area contributed by atoms with E-state index in [1.807, 2.05) is 31.2 Å². The van der Waals surface area contributed by atoms with Gasteiger partial charge in [-0.25, -0.2) is 8.42 Å². The van der Waals surface area contributed by atoms with Gasteiger partial charge in [-0.1, -0.05) is 54.3 Å². The summed E-state index contributed by atoms with van der Waals surface area (Å²) in [6, 6.07) is 12.2. The number of benzene rings is 2. The Kier molecular flexibility index (Phi) is 7.12. The van der Waals surface area contributed by atoms with Crippen LogP contribution in [0.1, 0.15) is 13.3 Å². The molecule has 0 amide bonds. The van der Waals surface area contributed by atoms with E-state index in [0.29, 0.717) is 6.54 Å². The Balaban J connectivity index is 0.00000225. The summed E-state index contributed by atoms with van der Waals surface area (Å²) in [5, 5.41) is 3.20. The van der Waals surface area contributed by atoms with Crippen LogP contribution in [0.5, 0.6) is 0 Å². The molecule has 126 valence electrons. The Hall–Kier alpha value is -0.410. The Morgan fingerprint density at radius 2 is 2.00 bits per heavy atom. The van der Waals surface area contributed by atoms with E-state index >= 15 is 0 Å². The first-order chi connectivity index (χ1) is 11.3. The summed E-state index contributed by atoms with van der Waals surface area (Å²) in [6.07, 6.45) is 2.20. The van der Waals surface area contributed by atoms with Crippen LogP contribution >= 0.6 is 24.0 Å². The molecule has 1 aliphatic rings. The third kappa shape index (κ3) is 5.07. The summed E-state index contributed by atoms with van der Waals surface area (Å²) in [6.45, 7) is 2.31. The van der Waals surface area contributed by atoms with Crippen LogP contribution < -0.4 is 34.5 Å². The molecule has 4 nitrogen and oxygen atoms in total. The topological polar surface area (TPSA) is 60.4 Å². The molecule has 8 heteroatoms. The zero-order chi connectivity index (χ0) is 17.3. The van der Waals surface area contributed by atoms with Gasteiger partial charge in [0.15, 0.2) is 0 Å². The van der Waals surface area contributed by atoms with Gasteiger partial charge in [0.1, 0.15) is 0 Å². The molecule has 0 N–H and O–H groups in total. The van der Waals surface area contributed by atoms with E-state index in [9.17, 15) is 13.0 Å². The van der Waals surface area contributed by atoms with E-state index < -0.39 is 10.1 Å². The van der Waals surface area contributed by atoms with Gasteiger partial charge in [0.2, 0.25) is 0 Å². The summed E-state index contributed by atoms with van der Waals surface area (Å²) in [4.78, 5) is 3.95. The molecule has 0 unspecified atom stereocenters. The van der Waals surface area contributed by atoms with E-state index in [2.05, 4.69) is 23.1 Å². The van der Waals surface area contributed by atoms with Crippen molar-refractivity contribution >= 4 is 55.4 Å². The average Bonchev–Trinajstić information content (AvgIpc) is 2.83. The second-order valence-electron chi connectivity index (χ2n) is 5.60. The first kappa shape index (κ1) is 20.9. The van der Waals surface area contributed by atoms with Crippen molar-refractivity contribution in [1.29, 1.82) is 0 Å². The molecule has 0 saturated heterocycles. The second-order valence-corrected chi connectivity index (χ2v) is 8.83. The van der Waals surface area contributed by atoms with Crippen LogP contribution in [0.25, 0.3) is 10.8 Å². The number of hydrogen-bond donors (Lipinski definition) is 0. The maximum Gasteiger partial charge on any atom is 1.00 e. The van der Waals surface area contributed by atoms with E-state index in [4.69, 9.17) is 12.2 Å². The Bertz CT molecular complexity index is 941. The Morgan fingerprint density at radius 3 is 2.68 bits per heavy atom. The fraction of sp³-hybridized carbons (Fsp3) is 0.235. The summed E-state index contributed by atoms with van der Waals surface area (Å²) < 4.78 is 32.7. The molecule has 2 aromatic carbocycles. The van der Waals surface area contributed by atoms with Crippen molar-refractivity contribution in [2.75, 3.05) is 17.2 Å². The number of thiocarbonyl (C=S) groups is 1. The molecular weight excluding hydrogens is 385 g/mol. The minimum atomic E-state index is -4.20. The van der Waals surface area contributed by atoms with Crippen LogP contribution in [0.2, 0.25) is 0 Å². The van der Waals surface area contributed by atoms with Crippen molar-refractivity contribution in [1.82, 2.24) is 0 Å². The van der Waals surface area contributed by atoms with Crippen molar-refractivity contribution in [3.63, 3.8) is 0 Å². The normalized spacial score (nSPS) is 15.3. The van der Waals surface area contributed by atoms with Gasteiger partial charge in [0.25, 0.3) is 0 Å². The molecule has 3 rings (SSSR count). The number of fused-ring (bicyclic) bond motifs is 3. The molecule has 0 aliphatic carbocycles. The molecule has 0 bridgehead atoms. The summed E-state index contributed by atoms with van der Waals surface area (Å²) in [5.74, 6) is -0.363. The van der Waals surface area contributed by atoms with E-state index in [1.165, 1.54) is 0 Å². The third-order valence-electron chi connectivity index (χ3n) is 3.72. The predicted octanol–water partition coefficient (Wildman–Crippen LogP) is 0.922. The summed E-state index contributed by atoms with van der Waals surface area (Å²) in [7, 11) is -4.20. The molecule has 0 fully saturated rings. The summed E-state index contributed by atoms with van der Waals surface area (Å²) >= 11 is 6.82. The fourth-order valence-corrected chi connectivity index (χ4v) is 4.65. The van der Waals surface area contributed by atoms with Crippen LogP contribution in [-0.2, 0) is 10.1 Å². The molecule has 1 aliphatic heterocycles. The van der Waals surface area contributed by atoms with Crippen molar-refractivity contribution in [2.24, 2.45) is 0 Å². The smallest absolute Gasteiger partial charge is 0.748 e. The van der Waals surface area contributed by atoms with Crippen molar-refractivity contribution < 1.29 is 42.5 Å². The van der Waals surface area contributed by atoms with E-state index in [-0.39, 0.29) is 41.7 Å². The predicted molar refractivity (Wildman–Crippen MR) is 103 cm³/mol. The van der Waals surface area contributed by atoms with Gasteiger partial charge in [0, 0.05) is 27.4 Å². The van der Waals surface area contributed by atoms with Crippen LogP contribution in [0.15, 0.2) is 52.4 Å². The quantitative estimate of drug-likeness (QED) is 0.321. The molecule has 0 atom stereocenters. The summed E-state index contributed by atoms with van der Waals surface area (Å²) in [5.41, 5.74) is 1.06. The molecule has 0 spiro atoms. The largest absolute Gasteiger partial charge is 1.00 e.